The maximum absolute atomic E-state index is 13.7. The van der Waals surface area contributed by atoms with Crippen LogP contribution in [0.25, 0.3) is 11.1 Å². The second-order valence-electron chi connectivity index (χ2n) is 12.5. The van der Waals surface area contributed by atoms with Gasteiger partial charge >= 0.3 is 5.97 Å². The van der Waals surface area contributed by atoms with Gasteiger partial charge in [0.25, 0.3) is 0 Å². The summed E-state index contributed by atoms with van der Waals surface area (Å²) in [5, 5.41) is 16.5. The highest BCUT2D eigenvalue weighted by molar-refractivity contribution is 5.91. The van der Waals surface area contributed by atoms with Gasteiger partial charge in [-0.15, -0.1) is 0 Å². The number of carbonyl (C=O) groups is 3. The Labute approximate surface area is 271 Å². The zero-order valence-corrected chi connectivity index (χ0v) is 27.5. The molecule has 10 nitrogen and oxygen atoms in total. The van der Waals surface area contributed by atoms with Crippen molar-refractivity contribution in [3.63, 3.8) is 0 Å². The number of amides is 2. The number of aryl methyl sites for hydroxylation is 2. The Bertz CT molecular complexity index is 1460. The fourth-order valence-corrected chi connectivity index (χ4v) is 5.44. The fourth-order valence-electron chi connectivity index (χ4n) is 5.44. The third-order valence-electron chi connectivity index (χ3n) is 7.99. The standard InChI is InChI=1S/C36H47N3O7/c1-23-20-24(18-19-28(23)26-15-11-16-27(21-26)45-6)12-10-17-29(31(40)35(43)46-37)33(41)39-32(36(2,3)4)34(42)38-30(22-44-5)25-13-8-7-9-14-25/h7-9,11,13-16,18-21,29-32,40H,10,12,17,22,37H2,1-6H3,(H,38,42)(H,39,41)/t29-,30-,31+,32-/m1/s1. The Morgan fingerprint density at radius 3 is 2.24 bits per heavy atom. The summed E-state index contributed by atoms with van der Waals surface area (Å²) >= 11 is 0. The minimum Gasteiger partial charge on any atom is -0.497 e. The van der Waals surface area contributed by atoms with Crippen LogP contribution in [0.4, 0.5) is 0 Å². The maximum atomic E-state index is 13.7. The molecule has 0 radical (unpaired) electrons. The molecule has 3 aromatic rings. The summed E-state index contributed by atoms with van der Waals surface area (Å²) in [4.78, 5) is 43.8. The van der Waals surface area contributed by atoms with Crippen molar-refractivity contribution in [2.45, 2.75) is 65.1 Å². The maximum Gasteiger partial charge on any atom is 0.354 e. The lowest BCUT2D eigenvalue weighted by Gasteiger charge is -2.33. The van der Waals surface area contributed by atoms with Crippen LogP contribution in [-0.4, -0.2) is 55.9 Å². The molecule has 0 saturated heterocycles. The van der Waals surface area contributed by atoms with Crippen molar-refractivity contribution in [1.82, 2.24) is 10.6 Å². The number of methoxy groups -OCH3 is 2. The van der Waals surface area contributed by atoms with Crippen molar-refractivity contribution in [1.29, 1.82) is 0 Å². The van der Waals surface area contributed by atoms with Crippen LogP contribution in [0.3, 0.4) is 0 Å². The minimum absolute atomic E-state index is 0.146. The molecule has 0 aliphatic heterocycles. The third kappa shape index (κ3) is 9.87. The van der Waals surface area contributed by atoms with E-state index in [0.717, 1.165) is 33.6 Å². The summed E-state index contributed by atoms with van der Waals surface area (Å²) in [6.07, 6.45) is -0.599. The Morgan fingerprint density at radius 1 is 0.913 bits per heavy atom. The van der Waals surface area contributed by atoms with E-state index in [1.165, 1.54) is 0 Å². The largest absolute Gasteiger partial charge is 0.497 e. The van der Waals surface area contributed by atoms with Gasteiger partial charge in [0.15, 0.2) is 6.10 Å². The molecule has 5 N–H and O–H groups in total. The van der Waals surface area contributed by atoms with Gasteiger partial charge in [-0.2, -0.15) is 5.90 Å². The van der Waals surface area contributed by atoms with E-state index < -0.39 is 47.3 Å². The molecule has 0 spiro atoms. The van der Waals surface area contributed by atoms with Gasteiger partial charge in [0.2, 0.25) is 11.8 Å². The van der Waals surface area contributed by atoms with Gasteiger partial charge in [-0.05, 0) is 71.6 Å². The van der Waals surface area contributed by atoms with Crippen LogP contribution in [-0.2, 0) is 30.4 Å². The zero-order valence-electron chi connectivity index (χ0n) is 27.5. The van der Waals surface area contributed by atoms with Gasteiger partial charge in [0.05, 0.1) is 25.7 Å². The number of ether oxygens (including phenoxy) is 2. The summed E-state index contributed by atoms with van der Waals surface area (Å²) in [7, 11) is 3.18. The van der Waals surface area contributed by atoms with Gasteiger partial charge < -0.3 is 30.1 Å². The van der Waals surface area contributed by atoms with Gasteiger partial charge in [-0.1, -0.05) is 81.4 Å². The highest BCUT2D eigenvalue weighted by Crippen LogP contribution is 2.28. The first-order valence-corrected chi connectivity index (χ1v) is 15.4. The predicted molar refractivity (Wildman–Crippen MR) is 176 cm³/mol. The molecular weight excluding hydrogens is 586 g/mol. The summed E-state index contributed by atoms with van der Waals surface area (Å²) in [5.74, 6) is 2.43. The number of hydrogen-bond donors (Lipinski definition) is 4. The lowest BCUT2D eigenvalue weighted by Crippen LogP contribution is -2.57. The van der Waals surface area contributed by atoms with E-state index in [-0.39, 0.29) is 13.0 Å². The number of benzene rings is 3. The third-order valence-corrected chi connectivity index (χ3v) is 7.99. The van der Waals surface area contributed by atoms with E-state index in [0.29, 0.717) is 12.8 Å². The molecule has 0 aliphatic rings. The molecule has 46 heavy (non-hydrogen) atoms. The summed E-state index contributed by atoms with van der Waals surface area (Å²) < 4.78 is 10.7. The molecule has 0 bridgehead atoms. The number of nitrogens with two attached hydrogens (primary N) is 1. The molecular formula is C36H47N3O7. The molecule has 0 saturated carbocycles. The number of aliphatic hydroxyl groups excluding tert-OH is 1. The number of nitrogens with one attached hydrogen (secondary N) is 2. The highest BCUT2D eigenvalue weighted by Gasteiger charge is 2.39. The van der Waals surface area contributed by atoms with Gasteiger partial charge in [0.1, 0.15) is 11.8 Å². The van der Waals surface area contributed by atoms with E-state index in [2.05, 4.69) is 21.5 Å². The molecule has 2 amide bonds. The second-order valence-corrected chi connectivity index (χ2v) is 12.5. The van der Waals surface area contributed by atoms with Crippen molar-refractivity contribution in [3.05, 3.63) is 89.5 Å². The minimum atomic E-state index is -1.81. The van der Waals surface area contributed by atoms with Crippen molar-refractivity contribution in [2.75, 3.05) is 20.8 Å². The molecule has 0 aliphatic carbocycles. The Morgan fingerprint density at radius 2 is 1.63 bits per heavy atom. The molecule has 0 aromatic heterocycles. The number of carbonyl (C=O) groups excluding carboxylic acids is 3. The molecule has 0 unspecified atom stereocenters. The average molecular weight is 634 g/mol. The van der Waals surface area contributed by atoms with Crippen LogP contribution >= 0.6 is 0 Å². The van der Waals surface area contributed by atoms with Crippen LogP contribution in [0.5, 0.6) is 5.75 Å². The number of rotatable bonds is 15. The first kappa shape index (κ1) is 36.2. The number of aliphatic hydroxyl groups is 1. The molecule has 10 heteroatoms. The normalized spacial score (nSPS) is 14.0. The molecule has 3 rings (SSSR count). The van der Waals surface area contributed by atoms with E-state index >= 15 is 0 Å². The van der Waals surface area contributed by atoms with Crippen LogP contribution < -0.4 is 21.3 Å². The van der Waals surface area contributed by atoms with E-state index in [1.807, 2.05) is 94.4 Å². The predicted octanol–water partition coefficient (Wildman–Crippen LogP) is 4.42. The molecule has 0 fully saturated rings. The van der Waals surface area contributed by atoms with E-state index in [4.69, 9.17) is 15.4 Å². The van der Waals surface area contributed by atoms with Gasteiger partial charge in [0, 0.05) is 7.11 Å². The van der Waals surface area contributed by atoms with Crippen molar-refractivity contribution in [2.24, 2.45) is 17.2 Å². The summed E-state index contributed by atoms with van der Waals surface area (Å²) in [6, 6.07) is 21.9. The first-order valence-electron chi connectivity index (χ1n) is 15.4. The Kier molecular flexibility index (Phi) is 13.3. The smallest absolute Gasteiger partial charge is 0.354 e. The van der Waals surface area contributed by atoms with Crippen molar-refractivity contribution in [3.8, 4) is 16.9 Å². The lowest BCUT2D eigenvalue weighted by molar-refractivity contribution is -0.160. The van der Waals surface area contributed by atoms with Crippen LogP contribution in [0.1, 0.15) is 56.3 Å². The van der Waals surface area contributed by atoms with Crippen molar-refractivity contribution >= 4 is 17.8 Å². The van der Waals surface area contributed by atoms with Gasteiger partial charge in [-0.25, -0.2) is 4.79 Å². The number of hydrogen-bond acceptors (Lipinski definition) is 8. The highest BCUT2D eigenvalue weighted by atomic mass is 16.7. The molecule has 4 atom stereocenters. The summed E-state index contributed by atoms with van der Waals surface area (Å²) in [6.45, 7) is 7.72. The van der Waals surface area contributed by atoms with Crippen LogP contribution in [0.2, 0.25) is 0 Å². The van der Waals surface area contributed by atoms with E-state index in [1.54, 1.807) is 14.2 Å². The average Bonchev–Trinajstić information content (AvgIpc) is 3.04. The topological polar surface area (TPSA) is 149 Å². The Balaban J connectivity index is 1.75. The monoisotopic (exact) mass is 633 g/mol. The quantitative estimate of drug-likeness (QED) is 0.180. The molecule has 0 heterocycles. The van der Waals surface area contributed by atoms with Gasteiger partial charge in [-0.3, -0.25) is 9.59 Å². The first-order chi connectivity index (χ1) is 21.9. The molecule has 3 aromatic carbocycles. The lowest BCUT2D eigenvalue weighted by atomic mass is 9.84. The Hall–Kier alpha value is -4.25. The van der Waals surface area contributed by atoms with Crippen LogP contribution in [0, 0.1) is 18.3 Å². The molecule has 248 valence electrons. The van der Waals surface area contributed by atoms with Crippen molar-refractivity contribution < 1.29 is 33.8 Å². The summed E-state index contributed by atoms with van der Waals surface area (Å²) in [5.41, 5.74) is 4.37. The van der Waals surface area contributed by atoms with Crippen LogP contribution in [0.15, 0.2) is 72.8 Å². The zero-order chi connectivity index (χ0) is 33.9. The fraction of sp³-hybridized carbons (Fsp3) is 0.417. The van der Waals surface area contributed by atoms with E-state index in [9.17, 15) is 19.5 Å². The SMILES string of the molecule is COC[C@@H](NC(=O)[C@@H](NC(=O)[C@H](CCCc1ccc(-c2cccc(OC)c2)c(C)c1)[C@H](O)C(=O)ON)C(C)(C)C)c1ccccc1. The second kappa shape index (κ2) is 16.9.